The highest BCUT2D eigenvalue weighted by Crippen LogP contribution is 2.27. The average molecular weight is 434 g/mol. The molecule has 0 aliphatic heterocycles. The van der Waals surface area contributed by atoms with Crippen LogP contribution in [0.3, 0.4) is 0 Å². The van der Waals surface area contributed by atoms with Crippen LogP contribution in [0.15, 0.2) is 45.3 Å². The topological polar surface area (TPSA) is 38.3 Å². The molecule has 0 atom stereocenters. The first-order valence-corrected chi connectivity index (χ1v) is 8.02. The summed E-state index contributed by atoms with van der Waals surface area (Å²) in [7, 11) is 1.61. The van der Waals surface area contributed by atoms with Gasteiger partial charge in [-0.25, -0.2) is 0 Å². The molecule has 1 N–H and O–H groups in total. The van der Waals surface area contributed by atoms with Gasteiger partial charge in [0, 0.05) is 32.9 Å². The van der Waals surface area contributed by atoms with E-state index in [1.807, 2.05) is 18.2 Å². The molecule has 2 rings (SSSR count). The van der Waals surface area contributed by atoms with E-state index >= 15 is 0 Å². The van der Waals surface area contributed by atoms with Crippen LogP contribution in [0.4, 0.5) is 5.69 Å². The van der Waals surface area contributed by atoms with Crippen LogP contribution >= 0.6 is 43.5 Å². The van der Waals surface area contributed by atoms with Crippen LogP contribution in [0.5, 0.6) is 0 Å². The summed E-state index contributed by atoms with van der Waals surface area (Å²) >= 11 is 12.7. The molecule has 2 aromatic rings. The molecule has 0 saturated carbocycles. The van der Waals surface area contributed by atoms with Crippen molar-refractivity contribution in [2.24, 2.45) is 0 Å². The molecular weight excluding hydrogens is 421 g/mol. The van der Waals surface area contributed by atoms with Gasteiger partial charge in [0.1, 0.15) is 0 Å². The summed E-state index contributed by atoms with van der Waals surface area (Å²) in [5.74, 6) is -0.206. The maximum atomic E-state index is 12.3. The van der Waals surface area contributed by atoms with Gasteiger partial charge < -0.3 is 10.1 Å². The first-order valence-electron chi connectivity index (χ1n) is 6.05. The van der Waals surface area contributed by atoms with Crippen LogP contribution in [-0.2, 0) is 11.3 Å². The number of carbonyl (C=O) groups is 1. The summed E-state index contributed by atoms with van der Waals surface area (Å²) in [5.41, 5.74) is 2.12. The van der Waals surface area contributed by atoms with E-state index in [0.717, 1.165) is 10.0 Å². The number of carbonyl (C=O) groups excluding carboxylic acids is 1. The summed E-state index contributed by atoms with van der Waals surface area (Å²) in [6, 6.07) is 10.6. The molecule has 2 aromatic carbocycles. The fraction of sp³-hybridized carbons (Fsp3) is 0.133. The average Bonchev–Trinajstić information content (AvgIpc) is 2.45. The van der Waals surface area contributed by atoms with Gasteiger partial charge in [-0.2, -0.15) is 0 Å². The Labute approximate surface area is 144 Å². The molecule has 0 saturated heterocycles. The molecule has 0 aromatic heterocycles. The van der Waals surface area contributed by atoms with E-state index < -0.39 is 0 Å². The van der Waals surface area contributed by atoms with E-state index in [0.29, 0.717) is 27.4 Å². The number of amides is 1. The maximum Gasteiger partial charge on any atom is 0.255 e. The van der Waals surface area contributed by atoms with Gasteiger partial charge >= 0.3 is 0 Å². The third kappa shape index (κ3) is 4.07. The SMILES string of the molecule is COCc1c(Br)cccc1NC(=O)c1ccc(Cl)c(Br)c1. The highest BCUT2D eigenvalue weighted by molar-refractivity contribution is 9.10. The van der Waals surface area contributed by atoms with Crippen molar-refractivity contribution >= 4 is 55.1 Å². The summed E-state index contributed by atoms with van der Waals surface area (Å²) in [5, 5.41) is 3.45. The van der Waals surface area contributed by atoms with Gasteiger partial charge in [0.05, 0.1) is 11.6 Å². The number of benzene rings is 2. The normalized spacial score (nSPS) is 10.5. The molecule has 21 heavy (non-hydrogen) atoms. The highest BCUT2D eigenvalue weighted by atomic mass is 79.9. The van der Waals surface area contributed by atoms with Crippen LogP contribution < -0.4 is 5.32 Å². The fourth-order valence-electron chi connectivity index (χ4n) is 1.80. The molecular formula is C15H12Br2ClNO2. The third-order valence-corrected chi connectivity index (χ3v) is 4.79. The Bertz CT molecular complexity index is 677. The van der Waals surface area contributed by atoms with Crippen molar-refractivity contribution in [3.05, 3.63) is 61.5 Å². The number of methoxy groups -OCH3 is 1. The van der Waals surface area contributed by atoms with Crippen molar-refractivity contribution in [3.8, 4) is 0 Å². The van der Waals surface area contributed by atoms with E-state index in [1.165, 1.54) is 0 Å². The quantitative estimate of drug-likeness (QED) is 0.714. The van der Waals surface area contributed by atoms with E-state index in [-0.39, 0.29) is 5.91 Å². The van der Waals surface area contributed by atoms with Crippen LogP contribution in [0.25, 0.3) is 0 Å². The Morgan fingerprint density at radius 2 is 2.00 bits per heavy atom. The van der Waals surface area contributed by atoms with E-state index in [4.69, 9.17) is 16.3 Å². The van der Waals surface area contributed by atoms with Crippen LogP contribution in [0.1, 0.15) is 15.9 Å². The van der Waals surface area contributed by atoms with Crippen molar-refractivity contribution in [2.45, 2.75) is 6.61 Å². The molecule has 0 fully saturated rings. The van der Waals surface area contributed by atoms with Gasteiger partial charge in [-0.05, 0) is 46.3 Å². The Morgan fingerprint density at radius 1 is 1.24 bits per heavy atom. The zero-order valence-corrected chi connectivity index (χ0v) is 15.0. The number of anilines is 1. The van der Waals surface area contributed by atoms with Crippen LogP contribution in [-0.4, -0.2) is 13.0 Å². The Kier molecular flexibility index (Phi) is 5.81. The Morgan fingerprint density at radius 3 is 2.67 bits per heavy atom. The molecule has 0 bridgehead atoms. The van der Waals surface area contributed by atoms with E-state index in [9.17, 15) is 4.79 Å². The van der Waals surface area contributed by atoms with E-state index in [1.54, 1.807) is 25.3 Å². The number of rotatable bonds is 4. The van der Waals surface area contributed by atoms with Gasteiger partial charge in [-0.1, -0.05) is 33.6 Å². The number of ether oxygens (including phenoxy) is 1. The lowest BCUT2D eigenvalue weighted by molar-refractivity contribution is 0.102. The lowest BCUT2D eigenvalue weighted by atomic mass is 10.1. The molecule has 0 aliphatic rings. The Hall–Kier alpha value is -0.880. The fourth-order valence-corrected chi connectivity index (χ4v) is 2.78. The van der Waals surface area contributed by atoms with Gasteiger partial charge in [-0.3, -0.25) is 4.79 Å². The maximum absolute atomic E-state index is 12.3. The minimum atomic E-state index is -0.206. The van der Waals surface area contributed by atoms with Crippen molar-refractivity contribution in [2.75, 3.05) is 12.4 Å². The largest absolute Gasteiger partial charge is 0.380 e. The lowest BCUT2D eigenvalue weighted by Gasteiger charge is -2.12. The second kappa shape index (κ2) is 7.40. The van der Waals surface area contributed by atoms with Crippen molar-refractivity contribution in [1.82, 2.24) is 0 Å². The van der Waals surface area contributed by atoms with Gasteiger partial charge in [0.2, 0.25) is 0 Å². The minimum absolute atomic E-state index is 0.206. The summed E-state index contributed by atoms with van der Waals surface area (Å²) in [6.45, 7) is 0.404. The Balaban J connectivity index is 2.27. The zero-order chi connectivity index (χ0) is 15.4. The molecule has 0 heterocycles. The van der Waals surface area contributed by atoms with Gasteiger partial charge in [0.15, 0.2) is 0 Å². The molecule has 0 unspecified atom stereocenters. The van der Waals surface area contributed by atoms with Crippen molar-refractivity contribution < 1.29 is 9.53 Å². The molecule has 1 amide bonds. The van der Waals surface area contributed by atoms with Crippen LogP contribution in [0, 0.1) is 0 Å². The van der Waals surface area contributed by atoms with Gasteiger partial charge in [-0.15, -0.1) is 0 Å². The van der Waals surface area contributed by atoms with Crippen molar-refractivity contribution in [1.29, 1.82) is 0 Å². The predicted molar refractivity (Wildman–Crippen MR) is 92.0 cm³/mol. The third-order valence-electron chi connectivity index (χ3n) is 2.84. The van der Waals surface area contributed by atoms with E-state index in [2.05, 4.69) is 37.2 Å². The van der Waals surface area contributed by atoms with Crippen molar-refractivity contribution in [3.63, 3.8) is 0 Å². The number of nitrogens with one attached hydrogen (secondary N) is 1. The smallest absolute Gasteiger partial charge is 0.255 e. The molecule has 3 nitrogen and oxygen atoms in total. The first kappa shape index (κ1) is 16.5. The molecule has 0 spiro atoms. The minimum Gasteiger partial charge on any atom is -0.380 e. The standard InChI is InChI=1S/C15H12Br2ClNO2/c1-21-8-10-11(16)3-2-4-14(10)19-15(20)9-5-6-13(18)12(17)7-9/h2-7H,8H2,1H3,(H,19,20). The molecule has 0 aliphatic carbocycles. The number of hydrogen-bond donors (Lipinski definition) is 1. The summed E-state index contributed by atoms with van der Waals surface area (Å²) in [6.07, 6.45) is 0. The number of halogens is 3. The molecule has 6 heteroatoms. The van der Waals surface area contributed by atoms with Crippen LogP contribution in [0.2, 0.25) is 5.02 Å². The second-order valence-corrected chi connectivity index (χ2v) is 6.40. The first-order chi connectivity index (χ1) is 10.0. The molecule has 110 valence electrons. The summed E-state index contributed by atoms with van der Waals surface area (Å²) < 4.78 is 6.74. The predicted octanol–water partition coefficient (Wildman–Crippen LogP) is 5.26. The number of hydrogen-bond acceptors (Lipinski definition) is 2. The van der Waals surface area contributed by atoms with Gasteiger partial charge in [0.25, 0.3) is 5.91 Å². The molecule has 0 radical (unpaired) electrons. The second-order valence-electron chi connectivity index (χ2n) is 4.28. The highest BCUT2D eigenvalue weighted by Gasteiger charge is 2.12. The lowest BCUT2D eigenvalue weighted by Crippen LogP contribution is -2.13. The summed E-state index contributed by atoms with van der Waals surface area (Å²) in [4.78, 5) is 12.3. The zero-order valence-electron chi connectivity index (χ0n) is 11.1. The monoisotopic (exact) mass is 431 g/mol.